The molecule has 5 nitrogen and oxygen atoms in total. The zero-order valence-corrected chi connectivity index (χ0v) is 13.0. The molecule has 0 fully saturated rings. The number of aromatic nitrogens is 2. The third kappa shape index (κ3) is 2.95. The molecule has 0 aliphatic rings. The number of nitrogens with zero attached hydrogens (tertiary/aromatic N) is 2. The Labute approximate surface area is 134 Å². The first-order chi connectivity index (χ1) is 10.9. The number of nitrogens with one attached hydrogen (secondary N) is 1. The number of benzene rings is 2. The second-order valence-corrected chi connectivity index (χ2v) is 6.17. The van der Waals surface area contributed by atoms with Crippen molar-refractivity contribution >= 4 is 11.0 Å². The minimum atomic E-state index is -1.05. The summed E-state index contributed by atoms with van der Waals surface area (Å²) in [6.07, 6.45) is 0. The van der Waals surface area contributed by atoms with Crippen LogP contribution in [-0.4, -0.2) is 20.7 Å². The predicted octanol–water partition coefficient (Wildman–Crippen LogP) is 2.87. The van der Waals surface area contributed by atoms with Crippen LogP contribution in [0.15, 0.2) is 42.5 Å². The Bertz CT molecular complexity index is 882. The van der Waals surface area contributed by atoms with E-state index in [-0.39, 0.29) is 0 Å². The van der Waals surface area contributed by atoms with Crippen LogP contribution in [0.2, 0.25) is 0 Å². The molecule has 3 rings (SSSR count). The van der Waals surface area contributed by atoms with Crippen molar-refractivity contribution in [3.05, 3.63) is 53.9 Å². The zero-order valence-electron chi connectivity index (χ0n) is 13.0. The summed E-state index contributed by atoms with van der Waals surface area (Å²) in [7, 11) is 0. The summed E-state index contributed by atoms with van der Waals surface area (Å²) in [4.78, 5) is 7.64. The maximum absolute atomic E-state index is 10.0. The monoisotopic (exact) mass is 306 g/mol. The molecular weight excluding hydrogens is 288 g/mol. The molecule has 0 aliphatic carbocycles. The number of hydrogen-bond donors (Lipinski definition) is 3. The van der Waals surface area contributed by atoms with Crippen LogP contribution in [0.1, 0.15) is 31.3 Å². The van der Waals surface area contributed by atoms with Crippen LogP contribution in [0.25, 0.3) is 22.2 Å². The van der Waals surface area contributed by atoms with Crippen molar-refractivity contribution in [2.45, 2.75) is 25.5 Å². The van der Waals surface area contributed by atoms with Gasteiger partial charge in [-0.1, -0.05) is 18.2 Å². The molecular formula is C18H18N4O. The fourth-order valence-electron chi connectivity index (χ4n) is 2.43. The maximum Gasteiger partial charge on any atom is 0.127 e. The number of rotatable bonds is 3. The van der Waals surface area contributed by atoms with Gasteiger partial charge in [-0.3, -0.25) is 0 Å². The van der Waals surface area contributed by atoms with Gasteiger partial charge in [0, 0.05) is 0 Å². The Kier molecular flexibility index (Phi) is 3.64. The van der Waals surface area contributed by atoms with E-state index in [4.69, 9.17) is 11.0 Å². The van der Waals surface area contributed by atoms with Gasteiger partial charge in [0.2, 0.25) is 0 Å². The van der Waals surface area contributed by atoms with E-state index in [9.17, 15) is 5.11 Å². The van der Waals surface area contributed by atoms with E-state index in [1.807, 2.05) is 30.3 Å². The van der Waals surface area contributed by atoms with Gasteiger partial charge in [-0.25, -0.2) is 4.98 Å². The minimum absolute atomic E-state index is 0.560. The van der Waals surface area contributed by atoms with Gasteiger partial charge < -0.3 is 15.8 Å². The molecule has 1 atom stereocenters. The number of aliphatic hydroxyl groups is 1. The topological polar surface area (TPSA) is 98.7 Å². The molecule has 23 heavy (non-hydrogen) atoms. The minimum Gasteiger partial charge on any atom is -0.388 e. The molecule has 3 aromatic rings. The third-order valence-corrected chi connectivity index (χ3v) is 3.90. The molecule has 116 valence electrons. The van der Waals surface area contributed by atoms with Crippen LogP contribution in [0, 0.1) is 11.3 Å². The SMILES string of the molecule is CC(C)(O)C(N)c1nc2ccc(-c3ccc(C#N)cc3)cc2[nH]1. The summed E-state index contributed by atoms with van der Waals surface area (Å²) in [5, 5.41) is 18.9. The van der Waals surface area contributed by atoms with Gasteiger partial charge >= 0.3 is 0 Å². The van der Waals surface area contributed by atoms with E-state index in [2.05, 4.69) is 16.0 Å². The molecule has 1 aromatic heterocycles. The van der Waals surface area contributed by atoms with Gasteiger partial charge in [0.1, 0.15) is 5.82 Å². The highest BCUT2D eigenvalue weighted by Crippen LogP contribution is 2.27. The average Bonchev–Trinajstić information content (AvgIpc) is 2.96. The lowest BCUT2D eigenvalue weighted by atomic mass is 10.00. The molecule has 5 heteroatoms. The first-order valence-corrected chi connectivity index (χ1v) is 7.36. The molecule has 0 radical (unpaired) electrons. The van der Waals surface area contributed by atoms with Crippen LogP contribution >= 0.6 is 0 Å². The van der Waals surface area contributed by atoms with Crippen molar-refractivity contribution in [2.24, 2.45) is 5.73 Å². The second kappa shape index (κ2) is 5.51. The molecule has 1 unspecified atom stereocenters. The average molecular weight is 306 g/mol. The molecule has 0 amide bonds. The number of fused-ring (bicyclic) bond motifs is 1. The summed E-state index contributed by atoms with van der Waals surface area (Å²) < 4.78 is 0. The van der Waals surface area contributed by atoms with Crippen LogP contribution in [0.3, 0.4) is 0 Å². The summed E-state index contributed by atoms with van der Waals surface area (Å²) >= 11 is 0. The lowest BCUT2D eigenvalue weighted by molar-refractivity contribution is 0.0492. The Morgan fingerprint density at radius 3 is 2.43 bits per heavy atom. The molecule has 0 bridgehead atoms. The van der Waals surface area contributed by atoms with Crippen molar-refractivity contribution in [2.75, 3.05) is 0 Å². The van der Waals surface area contributed by atoms with E-state index >= 15 is 0 Å². The van der Waals surface area contributed by atoms with E-state index in [0.717, 1.165) is 22.2 Å². The standard InChI is InChI=1S/C18H18N4O/c1-18(2,23)16(20)17-21-14-8-7-13(9-15(14)22-17)12-5-3-11(10-19)4-6-12/h3-9,16,23H,20H2,1-2H3,(H,21,22). The van der Waals surface area contributed by atoms with E-state index < -0.39 is 11.6 Å². The molecule has 2 aromatic carbocycles. The summed E-state index contributed by atoms with van der Waals surface area (Å²) in [5.74, 6) is 0.560. The summed E-state index contributed by atoms with van der Waals surface area (Å²) in [5.41, 5.74) is 9.33. The van der Waals surface area contributed by atoms with Gasteiger partial charge in [-0.2, -0.15) is 5.26 Å². The van der Waals surface area contributed by atoms with Gasteiger partial charge in [0.25, 0.3) is 0 Å². The molecule has 0 aliphatic heterocycles. The van der Waals surface area contributed by atoms with Gasteiger partial charge in [0.15, 0.2) is 0 Å². The van der Waals surface area contributed by atoms with E-state index in [1.165, 1.54) is 0 Å². The van der Waals surface area contributed by atoms with Crippen molar-refractivity contribution < 1.29 is 5.11 Å². The summed E-state index contributed by atoms with van der Waals surface area (Å²) in [6.45, 7) is 3.32. The number of H-pyrrole nitrogens is 1. The van der Waals surface area contributed by atoms with Crippen LogP contribution in [0.4, 0.5) is 0 Å². The molecule has 0 saturated heterocycles. The highest BCUT2D eigenvalue weighted by Gasteiger charge is 2.27. The van der Waals surface area contributed by atoms with Crippen molar-refractivity contribution in [1.29, 1.82) is 5.26 Å². The quantitative estimate of drug-likeness (QED) is 0.693. The molecule has 4 N–H and O–H groups in total. The number of nitrogens with two attached hydrogens (primary N) is 1. The van der Waals surface area contributed by atoms with Crippen LogP contribution < -0.4 is 5.73 Å². The van der Waals surface area contributed by atoms with Crippen molar-refractivity contribution in [1.82, 2.24) is 9.97 Å². The van der Waals surface area contributed by atoms with Crippen molar-refractivity contribution in [3.63, 3.8) is 0 Å². The summed E-state index contributed by atoms with van der Waals surface area (Å²) in [6, 6.07) is 14.8. The Hall–Kier alpha value is -2.68. The van der Waals surface area contributed by atoms with Crippen molar-refractivity contribution in [3.8, 4) is 17.2 Å². The predicted molar refractivity (Wildman–Crippen MR) is 89.5 cm³/mol. The smallest absolute Gasteiger partial charge is 0.127 e. The van der Waals surface area contributed by atoms with Gasteiger partial charge in [-0.05, 0) is 49.2 Å². The molecule has 0 saturated carbocycles. The largest absolute Gasteiger partial charge is 0.388 e. The number of nitriles is 1. The van der Waals surface area contributed by atoms with Crippen LogP contribution in [0.5, 0.6) is 0 Å². The van der Waals surface area contributed by atoms with E-state index in [1.54, 1.807) is 26.0 Å². The number of hydrogen-bond acceptors (Lipinski definition) is 4. The lowest BCUT2D eigenvalue weighted by Crippen LogP contribution is -2.35. The first kappa shape index (κ1) is 15.2. The maximum atomic E-state index is 10.0. The number of aromatic amines is 1. The Morgan fingerprint density at radius 1 is 1.17 bits per heavy atom. The molecule has 0 spiro atoms. The van der Waals surface area contributed by atoms with E-state index in [0.29, 0.717) is 11.4 Å². The Balaban J connectivity index is 2.00. The lowest BCUT2D eigenvalue weighted by Gasteiger charge is -2.23. The van der Waals surface area contributed by atoms with Gasteiger partial charge in [-0.15, -0.1) is 0 Å². The highest BCUT2D eigenvalue weighted by molar-refractivity contribution is 5.82. The molecule has 1 heterocycles. The number of imidazole rings is 1. The third-order valence-electron chi connectivity index (χ3n) is 3.90. The fraction of sp³-hybridized carbons (Fsp3) is 0.222. The zero-order chi connectivity index (χ0) is 16.6. The second-order valence-electron chi connectivity index (χ2n) is 6.17. The fourth-order valence-corrected chi connectivity index (χ4v) is 2.43. The normalized spacial score (nSPS) is 13.0. The van der Waals surface area contributed by atoms with Crippen LogP contribution in [-0.2, 0) is 0 Å². The Morgan fingerprint density at radius 2 is 1.83 bits per heavy atom. The first-order valence-electron chi connectivity index (χ1n) is 7.36. The highest BCUT2D eigenvalue weighted by atomic mass is 16.3. The van der Waals surface area contributed by atoms with Gasteiger partial charge in [0.05, 0.1) is 34.3 Å².